The van der Waals surface area contributed by atoms with Crippen molar-refractivity contribution in [3.63, 3.8) is 0 Å². The fourth-order valence-electron chi connectivity index (χ4n) is 1.11. The van der Waals surface area contributed by atoms with Gasteiger partial charge in [-0.2, -0.15) is 0 Å². The van der Waals surface area contributed by atoms with E-state index in [9.17, 15) is 9.59 Å². The van der Waals surface area contributed by atoms with E-state index in [0.29, 0.717) is 22.5 Å². The first kappa shape index (κ1) is 13.7. The molecule has 0 saturated carbocycles. The molecule has 0 bridgehead atoms. The molecule has 1 aromatic carbocycles. The second kappa shape index (κ2) is 5.82. The highest BCUT2D eigenvalue weighted by molar-refractivity contribution is 6.04. The lowest BCUT2D eigenvalue weighted by Crippen LogP contribution is -2.13. The number of nitrogens with one attached hydrogen (secondary N) is 2. The first-order chi connectivity index (χ1) is 8.40. The van der Waals surface area contributed by atoms with E-state index in [1.807, 2.05) is 0 Å². The Morgan fingerprint density at radius 3 is 1.33 bits per heavy atom. The van der Waals surface area contributed by atoms with Gasteiger partial charge < -0.3 is 10.6 Å². The Morgan fingerprint density at radius 1 is 0.833 bits per heavy atom. The molecule has 0 heterocycles. The molecule has 0 unspecified atom stereocenters. The van der Waals surface area contributed by atoms with Gasteiger partial charge in [0.05, 0.1) is 0 Å². The number of rotatable bonds is 4. The van der Waals surface area contributed by atoms with Gasteiger partial charge in [0.25, 0.3) is 11.8 Å². The Bertz CT molecular complexity index is 454. The van der Waals surface area contributed by atoms with Crippen molar-refractivity contribution in [3.8, 4) is 0 Å². The van der Waals surface area contributed by atoms with Gasteiger partial charge in [-0.3, -0.25) is 9.59 Å². The largest absolute Gasteiger partial charge is 0.322 e. The second-order valence-corrected chi connectivity index (χ2v) is 4.05. The minimum atomic E-state index is -0.228. The van der Waals surface area contributed by atoms with Crippen molar-refractivity contribution in [2.45, 2.75) is 13.8 Å². The first-order valence-electron chi connectivity index (χ1n) is 5.44. The van der Waals surface area contributed by atoms with Crippen LogP contribution < -0.4 is 10.6 Å². The maximum Gasteiger partial charge on any atom is 0.250 e. The summed E-state index contributed by atoms with van der Waals surface area (Å²) < 4.78 is 0. The summed E-state index contributed by atoms with van der Waals surface area (Å²) in [5, 5.41) is 5.35. The summed E-state index contributed by atoms with van der Waals surface area (Å²) >= 11 is 0. The Morgan fingerprint density at radius 2 is 1.11 bits per heavy atom. The third-order valence-electron chi connectivity index (χ3n) is 2.18. The third-order valence-corrected chi connectivity index (χ3v) is 2.18. The number of anilines is 2. The van der Waals surface area contributed by atoms with Crippen LogP contribution in [0.1, 0.15) is 13.8 Å². The maximum absolute atomic E-state index is 11.4. The molecule has 0 aliphatic heterocycles. The van der Waals surface area contributed by atoms with Gasteiger partial charge in [-0.05, 0) is 38.1 Å². The Labute approximate surface area is 106 Å². The number of carbonyl (C=O) groups excluding carboxylic acids is 2. The third kappa shape index (κ3) is 3.90. The smallest absolute Gasteiger partial charge is 0.250 e. The predicted octanol–water partition coefficient (Wildman–Crippen LogP) is 2.72. The number of hydrogen-bond acceptors (Lipinski definition) is 2. The van der Waals surface area contributed by atoms with E-state index in [1.54, 1.807) is 38.1 Å². The normalized spacial score (nSPS) is 9.44. The van der Waals surface area contributed by atoms with Crippen LogP contribution in [-0.2, 0) is 9.59 Å². The van der Waals surface area contributed by atoms with Crippen LogP contribution in [0.2, 0.25) is 0 Å². The van der Waals surface area contributed by atoms with Crippen LogP contribution in [0.25, 0.3) is 0 Å². The molecule has 0 aliphatic carbocycles. The standard InChI is InChI=1S/C14H16N2O2/c1-9(2)13(17)15-11-5-7-12(8-6-11)16-14(18)10(3)4/h5-8H,1,3H2,2,4H3,(H,15,17)(H,16,18). The van der Waals surface area contributed by atoms with Crippen molar-refractivity contribution >= 4 is 23.2 Å². The summed E-state index contributed by atoms with van der Waals surface area (Å²) in [6, 6.07) is 6.81. The molecule has 0 spiro atoms. The molecule has 1 rings (SSSR count). The van der Waals surface area contributed by atoms with Crippen molar-refractivity contribution < 1.29 is 9.59 Å². The lowest BCUT2D eigenvalue weighted by atomic mass is 10.2. The van der Waals surface area contributed by atoms with Crippen molar-refractivity contribution in [1.29, 1.82) is 0 Å². The Kier molecular flexibility index (Phi) is 4.43. The van der Waals surface area contributed by atoms with Gasteiger partial charge in [-0.15, -0.1) is 0 Å². The van der Waals surface area contributed by atoms with E-state index in [-0.39, 0.29) is 11.8 Å². The molecular weight excluding hydrogens is 228 g/mol. The van der Waals surface area contributed by atoms with Gasteiger partial charge in [0, 0.05) is 22.5 Å². The van der Waals surface area contributed by atoms with Crippen LogP contribution in [0, 0.1) is 0 Å². The SMILES string of the molecule is C=C(C)C(=O)Nc1ccc(NC(=O)C(=C)C)cc1. The molecule has 0 atom stereocenters. The maximum atomic E-state index is 11.4. The monoisotopic (exact) mass is 244 g/mol. The van der Waals surface area contributed by atoms with Crippen molar-refractivity contribution in [3.05, 3.63) is 48.6 Å². The van der Waals surface area contributed by atoms with Gasteiger partial charge >= 0.3 is 0 Å². The van der Waals surface area contributed by atoms with E-state index >= 15 is 0 Å². The van der Waals surface area contributed by atoms with Crippen LogP contribution in [0.4, 0.5) is 11.4 Å². The summed E-state index contributed by atoms with van der Waals surface area (Å²) in [5.41, 5.74) is 2.18. The summed E-state index contributed by atoms with van der Waals surface area (Å²) in [6.45, 7) is 10.4. The molecule has 2 N–H and O–H groups in total. The minimum absolute atomic E-state index is 0.228. The van der Waals surface area contributed by atoms with Crippen LogP contribution in [0.3, 0.4) is 0 Å². The van der Waals surface area contributed by atoms with Gasteiger partial charge in [-0.25, -0.2) is 0 Å². The second-order valence-electron chi connectivity index (χ2n) is 4.05. The molecule has 0 aromatic heterocycles. The van der Waals surface area contributed by atoms with Gasteiger partial charge in [-0.1, -0.05) is 13.2 Å². The minimum Gasteiger partial charge on any atom is -0.322 e. The van der Waals surface area contributed by atoms with Gasteiger partial charge in [0.2, 0.25) is 0 Å². The number of hydrogen-bond donors (Lipinski definition) is 2. The molecule has 4 nitrogen and oxygen atoms in total. The first-order valence-corrected chi connectivity index (χ1v) is 5.44. The summed E-state index contributed by atoms with van der Waals surface area (Å²) in [4.78, 5) is 22.7. The average Bonchev–Trinajstić information content (AvgIpc) is 2.31. The van der Waals surface area contributed by atoms with Gasteiger partial charge in [0.1, 0.15) is 0 Å². The lowest BCUT2D eigenvalue weighted by Gasteiger charge is -2.07. The quantitative estimate of drug-likeness (QED) is 0.800. The van der Waals surface area contributed by atoms with Gasteiger partial charge in [0.15, 0.2) is 0 Å². The number of benzene rings is 1. The molecule has 2 amide bonds. The highest BCUT2D eigenvalue weighted by Crippen LogP contribution is 2.14. The van der Waals surface area contributed by atoms with Crippen molar-refractivity contribution in [2.24, 2.45) is 0 Å². The lowest BCUT2D eigenvalue weighted by molar-refractivity contribution is -0.113. The predicted molar refractivity (Wildman–Crippen MR) is 73.3 cm³/mol. The molecule has 1 aromatic rings. The summed E-state index contributed by atoms with van der Waals surface area (Å²) in [6.07, 6.45) is 0. The number of amides is 2. The van der Waals surface area contributed by atoms with Crippen LogP contribution >= 0.6 is 0 Å². The number of carbonyl (C=O) groups is 2. The topological polar surface area (TPSA) is 58.2 Å². The van der Waals surface area contributed by atoms with Crippen LogP contribution in [-0.4, -0.2) is 11.8 Å². The molecule has 0 aliphatic rings. The highest BCUT2D eigenvalue weighted by atomic mass is 16.2. The highest BCUT2D eigenvalue weighted by Gasteiger charge is 2.04. The summed E-state index contributed by atoms with van der Waals surface area (Å²) in [5.74, 6) is -0.456. The molecular formula is C14H16N2O2. The fraction of sp³-hybridized carbons (Fsp3) is 0.143. The summed E-state index contributed by atoms with van der Waals surface area (Å²) in [7, 11) is 0. The van der Waals surface area contributed by atoms with E-state index in [0.717, 1.165) is 0 Å². The van der Waals surface area contributed by atoms with E-state index in [4.69, 9.17) is 0 Å². The average molecular weight is 244 g/mol. The Hall–Kier alpha value is -2.36. The molecule has 0 saturated heterocycles. The van der Waals surface area contributed by atoms with Crippen LogP contribution in [0.5, 0.6) is 0 Å². The Balaban J connectivity index is 2.68. The van der Waals surface area contributed by atoms with Crippen molar-refractivity contribution in [1.82, 2.24) is 0 Å². The molecule has 0 fully saturated rings. The molecule has 4 heteroatoms. The molecule has 94 valence electrons. The van der Waals surface area contributed by atoms with E-state index in [1.165, 1.54) is 0 Å². The zero-order valence-corrected chi connectivity index (χ0v) is 10.5. The van der Waals surface area contributed by atoms with Crippen molar-refractivity contribution in [2.75, 3.05) is 10.6 Å². The van der Waals surface area contributed by atoms with E-state index < -0.39 is 0 Å². The van der Waals surface area contributed by atoms with Crippen LogP contribution in [0.15, 0.2) is 48.6 Å². The zero-order valence-electron chi connectivity index (χ0n) is 10.5. The fourth-order valence-corrected chi connectivity index (χ4v) is 1.11. The molecule has 18 heavy (non-hydrogen) atoms. The molecule has 0 radical (unpaired) electrons. The zero-order chi connectivity index (χ0) is 13.7. The van der Waals surface area contributed by atoms with E-state index in [2.05, 4.69) is 23.8 Å².